The Morgan fingerprint density at radius 3 is 3.13 bits per heavy atom. The molecular formula is C12H17NOS. The fourth-order valence-electron chi connectivity index (χ4n) is 1.83. The fourth-order valence-corrected chi connectivity index (χ4v) is 2.94. The van der Waals surface area contributed by atoms with Gasteiger partial charge in [0, 0.05) is 18.3 Å². The first-order valence-electron chi connectivity index (χ1n) is 5.43. The number of rotatable bonds is 3. The summed E-state index contributed by atoms with van der Waals surface area (Å²) in [5, 5.41) is 12.9. The van der Waals surface area contributed by atoms with E-state index in [1.165, 1.54) is 24.3 Å². The molecule has 0 amide bonds. The molecule has 1 aromatic rings. The maximum Gasteiger partial charge on any atom is 0.115 e. The summed E-state index contributed by atoms with van der Waals surface area (Å²) in [5.74, 6) is 2.88. The summed E-state index contributed by atoms with van der Waals surface area (Å²) in [7, 11) is 0. The molecule has 0 aliphatic carbocycles. The molecule has 3 heteroatoms. The van der Waals surface area contributed by atoms with E-state index in [4.69, 9.17) is 0 Å². The van der Waals surface area contributed by atoms with E-state index in [-0.39, 0.29) is 0 Å². The molecule has 0 saturated carbocycles. The molecule has 1 unspecified atom stereocenters. The molecule has 1 aliphatic rings. The second-order valence-electron chi connectivity index (χ2n) is 3.96. The predicted molar refractivity (Wildman–Crippen MR) is 65.3 cm³/mol. The highest BCUT2D eigenvalue weighted by molar-refractivity contribution is 7.99. The van der Waals surface area contributed by atoms with Crippen LogP contribution in [0.2, 0.25) is 0 Å². The van der Waals surface area contributed by atoms with Crippen molar-refractivity contribution in [3.8, 4) is 5.75 Å². The smallest absolute Gasteiger partial charge is 0.115 e. The highest BCUT2D eigenvalue weighted by Gasteiger charge is 2.12. The van der Waals surface area contributed by atoms with Crippen LogP contribution >= 0.6 is 11.8 Å². The summed E-state index contributed by atoms with van der Waals surface area (Å²) < 4.78 is 0. The van der Waals surface area contributed by atoms with E-state index in [2.05, 4.69) is 5.32 Å². The monoisotopic (exact) mass is 223 g/mol. The number of benzene rings is 1. The minimum absolute atomic E-state index is 0.354. The minimum Gasteiger partial charge on any atom is -0.508 e. The highest BCUT2D eigenvalue weighted by Crippen LogP contribution is 2.17. The first-order chi connectivity index (χ1) is 7.34. The Hall–Kier alpha value is -0.670. The molecule has 82 valence electrons. The van der Waals surface area contributed by atoms with Gasteiger partial charge in [-0.25, -0.2) is 0 Å². The third kappa shape index (κ3) is 3.43. The van der Waals surface area contributed by atoms with Crippen LogP contribution in [0, 0.1) is 0 Å². The molecule has 0 bridgehead atoms. The number of nitrogens with one attached hydrogen (secondary N) is 1. The molecule has 1 heterocycles. The van der Waals surface area contributed by atoms with Gasteiger partial charge in [-0.15, -0.1) is 0 Å². The Kier molecular flexibility index (Phi) is 3.92. The van der Waals surface area contributed by atoms with E-state index in [1.54, 1.807) is 6.07 Å². The summed E-state index contributed by atoms with van der Waals surface area (Å²) in [6.45, 7) is 0.861. The van der Waals surface area contributed by atoms with Crippen molar-refractivity contribution in [3.05, 3.63) is 29.8 Å². The van der Waals surface area contributed by atoms with Crippen molar-refractivity contribution in [2.75, 3.05) is 11.5 Å². The number of phenols is 1. The maximum absolute atomic E-state index is 9.32. The van der Waals surface area contributed by atoms with Crippen molar-refractivity contribution in [2.45, 2.75) is 25.4 Å². The molecule has 1 aromatic carbocycles. The van der Waals surface area contributed by atoms with Crippen molar-refractivity contribution in [2.24, 2.45) is 0 Å². The third-order valence-corrected chi connectivity index (χ3v) is 3.88. The third-order valence-electron chi connectivity index (χ3n) is 2.67. The van der Waals surface area contributed by atoms with Gasteiger partial charge in [0.1, 0.15) is 5.75 Å². The van der Waals surface area contributed by atoms with Crippen LogP contribution in [0.1, 0.15) is 18.4 Å². The molecule has 1 atom stereocenters. The van der Waals surface area contributed by atoms with E-state index >= 15 is 0 Å². The van der Waals surface area contributed by atoms with E-state index < -0.39 is 0 Å². The van der Waals surface area contributed by atoms with E-state index in [1.807, 2.05) is 30.0 Å². The van der Waals surface area contributed by atoms with E-state index in [0.29, 0.717) is 11.8 Å². The topological polar surface area (TPSA) is 32.3 Å². The van der Waals surface area contributed by atoms with Crippen LogP contribution in [0.15, 0.2) is 24.3 Å². The Morgan fingerprint density at radius 2 is 2.40 bits per heavy atom. The number of hydrogen-bond acceptors (Lipinski definition) is 3. The van der Waals surface area contributed by atoms with Crippen molar-refractivity contribution in [1.29, 1.82) is 0 Å². The summed E-state index contributed by atoms with van der Waals surface area (Å²) in [4.78, 5) is 0. The number of phenolic OH excluding ortho intramolecular Hbond substituents is 1. The number of hydrogen-bond donors (Lipinski definition) is 2. The zero-order valence-electron chi connectivity index (χ0n) is 8.78. The van der Waals surface area contributed by atoms with E-state index in [0.717, 1.165) is 12.1 Å². The SMILES string of the molecule is Oc1cccc(CNC2CCCSC2)c1. The lowest BCUT2D eigenvalue weighted by Crippen LogP contribution is -2.33. The van der Waals surface area contributed by atoms with Crippen molar-refractivity contribution < 1.29 is 5.11 Å². The van der Waals surface area contributed by atoms with Crippen LogP contribution in [-0.2, 0) is 6.54 Å². The number of aromatic hydroxyl groups is 1. The minimum atomic E-state index is 0.354. The molecule has 0 radical (unpaired) electrons. The normalized spacial score (nSPS) is 21.5. The molecule has 0 aromatic heterocycles. The summed E-state index contributed by atoms with van der Waals surface area (Å²) >= 11 is 2.03. The van der Waals surface area contributed by atoms with Gasteiger partial charge in [0.15, 0.2) is 0 Å². The lowest BCUT2D eigenvalue weighted by atomic mass is 10.1. The van der Waals surface area contributed by atoms with Gasteiger partial charge in [0.25, 0.3) is 0 Å². The van der Waals surface area contributed by atoms with Crippen molar-refractivity contribution in [1.82, 2.24) is 5.32 Å². The van der Waals surface area contributed by atoms with Crippen molar-refractivity contribution in [3.63, 3.8) is 0 Å². The first kappa shape index (κ1) is 10.8. The summed E-state index contributed by atoms with van der Waals surface area (Å²) in [6, 6.07) is 8.11. The molecule has 1 aliphatic heterocycles. The molecule has 1 fully saturated rings. The van der Waals surface area contributed by atoms with Gasteiger partial charge in [0.2, 0.25) is 0 Å². The molecule has 1 saturated heterocycles. The average Bonchev–Trinajstić information content (AvgIpc) is 2.28. The van der Waals surface area contributed by atoms with Crippen LogP contribution in [-0.4, -0.2) is 22.7 Å². The molecular weight excluding hydrogens is 206 g/mol. The Bertz CT molecular complexity index is 310. The van der Waals surface area contributed by atoms with Crippen LogP contribution < -0.4 is 5.32 Å². The largest absolute Gasteiger partial charge is 0.508 e. The second kappa shape index (κ2) is 5.42. The lowest BCUT2D eigenvalue weighted by Gasteiger charge is -2.22. The first-order valence-corrected chi connectivity index (χ1v) is 6.59. The Morgan fingerprint density at radius 1 is 1.47 bits per heavy atom. The fraction of sp³-hybridized carbons (Fsp3) is 0.500. The van der Waals surface area contributed by atoms with Crippen molar-refractivity contribution >= 4 is 11.8 Å². The second-order valence-corrected chi connectivity index (χ2v) is 5.11. The van der Waals surface area contributed by atoms with Crippen LogP contribution in [0.3, 0.4) is 0 Å². The summed E-state index contributed by atoms with van der Waals surface area (Å²) in [6.07, 6.45) is 2.61. The maximum atomic E-state index is 9.32. The number of thioether (sulfide) groups is 1. The van der Waals surface area contributed by atoms with Gasteiger partial charge in [-0.1, -0.05) is 12.1 Å². The lowest BCUT2D eigenvalue weighted by molar-refractivity contribution is 0.472. The zero-order chi connectivity index (χ0) is 10.5. The Labute approximate surface area is 95.1 Å². The highest BCUT2D eigenvalue weighted by atomic mass is 32.2. The van der Waals surface area contributed by atoms with Crippen LogP contribution in [0.25, 0.3) is 0 Å². The Balaban J connectivity index is 1.81. The van der Waals surface area contributed by atoms with Gasteiger partial charge in [-0.2, -0.15) is 11.8 Å². The molecule has 15 heavy (non-hydrogen) atoms. The quantitative estimate of drug-likeness (QED) is 0.825. The van der Waals surface area contributed by atoms with Gasteiger partial charge >= 0.3 is 0 Å². The molecule has 2 rings (SSSR count). The predicted octanol–water partition coefficient (Wildman–Crippen LogP) is 2.38. The standard InChI is InChI=1S/C12H17NOS/c14-12-5-1-3-10(7-12)8-13-11-4-2-6-15-9-11/h1,3,5,7,11,13-14H,2,4,6,8-9H2. The molecule has 2 N–H and O–H groups in total. The van der Waals surface area contributed by atoms with Gasteiger partial charge in [-0.05, 0) is 36.3 Å². The van der Waals surface area contributed by atoms with Crippen LogP contribution in [0.4, 0.5) is 0 Å². The zero-order valence-corrected chi connectivity index (χ0v) is 9.59. The van der Waals surface area contributed by atoms with Gasteiger partial charge in [-0.3, -0.25) is 0 Å². The van der Waals surface area contributed by atoms with Crippen LogP contribution in [0.5, 0.6) is 5.75 Å². The average molecular weight is 223 g/mol. The molecule has 0 spiro atoms. The molecule has 2 nitrogen and oxygen atoms in total. The van der Waals surface area contributed by atoms with E-state index in [9.17, 15) is 5.11 Å². The summed E-state index contributed by atoms with van der Waals surface area (Å²) in [5.41, 5.74) is 1.16. The van der Waals surface area contributed by atoms with Gasteiger partial charge < -0.3 is 10.4 Å². The van der Waals surface area contributed by atoms with Gasteiger partial charge in [0.05, 0.1) is 0 Å².